The summed E-state index contributed by atoms with van der Waals surface area (Å²) in [4.78, 5) is 2.34. The summed E-state index contributed by atoms with van der Waals surface area (Å²) in [6, 6.07) is 84.0. The van der Waals surface area contributed by atoms with E-state index in [0.717, 1.165) is 94.3 Å². The summed E-state index contributed by atoms with van der Waals surface area (Å²) in [5, 5.41) is 4.49. The molecule has 63 heavy (non-hydrogen) atoms. The largest absolute Gasteiger partial charge is 0.456 e. The van der Waals surface area contributed by atoms with E-state index in [1.54, 1.807) is 0 Å². The molecule has 0 aliphatic carbocycles. The van der Waals surface area contributed by atoms with Gasteiger partial charge in [-0.15, -0.1) is 0 Å². The third-order valence-electron chi connectivity index (χ3n) is 12.3. The van der Waals surface area contributed by atoms with Crippen molar-refractivity contribution in [3.05, 3.63) is 237 Å². The Labute approximate surface area is 365 Å². The Morgan fingerprint density at radius 2 is 0.698 bits per heavy atom. The zero-order chi connectivity index (χ0) is 41.7. The van der Waals surface area contributed by atoms with E-state index in [-0.39, 0.29) is 0 Å². The van der Waals surface area contributed by atoms with Crippen LogP contribution in [-0.2, 0) is 0 Å². The highest BCUT2D eigenvalue weighted by Gasteiger charge is 2.18. The number of hydrogen-bond donors (Lipinski definition) is 0. The van der Waals surface area contributed by atoms with Crippen molar-refractivity contribution in [3.8, 4) is 55.6 Å². The Balaban J connectivity index is 0.931. The van der Waals surface area contributed by atoms with Crippen LogP contribution >= 0.6 is 0 Å². The maximum atomic E-state index is 6.50. The molecule has 0 bridgehead atoms. The van der Waals surface area contributed by atoms with Crippen LogP contribution in [-0.4, -0.2) is 0 Å². The molecule has 296 valence electrons. The number of rotatable bonds is 8. The maximum Gasteiger partial charge on any atom is 0.143 e. The van der Waals surface area contributed by atoms with Gasteiger partial charge < -0.3 is 13.7 Å². The lowest BCUT2D eigenvalue weighted by atomic mass is 9.94. The predicted octanol–water partition coefficient (Wildman–Crippen LogP) is 17.3. The van der Waals surface area contributed by atoms with E-state index in [1.165, 1.54) is 22.3 Å². The molecule has 0 amide bonds. The second-order valence-electron chi connectivity index (χ2n) is 16.0. The van der Waals surface area contributed by atoms with Gasteiger partial charge in [0.05, 0.1) is 0 Å². The lowest BCUT2D eigenvalue weighted by Gasteiger charge is -2.26. The lowest BCUT2D eigenvalue weighted by molar-refractivity contribution is 0.669. The molecule has 0 spiro atoms. The molecule has 12 aromatic rings. The highest BCUT2D eigenvalue weighted by Crippen LogP contribution is 2.42. The minimum atomic E-state index is 0.885. The van der Waals surface area contributed by atoms with Gasteiger partial charge >= 0.3 is 0 Å². The first-order valence-electron chi connectivity index (χ1n) is 21.4. The first-order chi connectivity index (χ1) is 31.2. The Morgan fingerprint density at radius 1 is 0.254 bits per heavy atom. The van der Waals surface area contributed by atoms with Gasteiger partial charge in [0, 0.05) is 44.2 Å². The van der Waals surface area contributed by atoms with Crippen LogP contribution in [0.5, 0.6) is 0 Å². The second kappa shape index (κ2) is 15.3. The van der Waals surface area contributed by atoms with E-state index in [0.29, 0.717) is 0 Å². The summed E-state index contributed by atoms with van der Waals surface area (Å²) in [6.07, 6.45) is 0. The van der Waals surface area contributed by atoms with Gasteiger partial charge in [0.1, 0.15) is 22.3 Å². The summed E-state index contributed by atoms with van der Waals surface area (Å²) in [6.45, 7) is 0. The Kier molecular flexibility index (Phi) is 8.83. The number of hydrogen-bond acceptors (Lipinski definition) is 3. The summed E-state index contributed by atoms with van der Waals surface area (Å²) >= 11 is 0. The number of benzene rings is 10. The normalized spacial score (nSPS) is 11.5. The molecule has 0 aliphatic rings. The average Bonchev–Trinajstić information content (AvgIpc) is 3.94. The van der Waals surface area contributed by atoms with E-state index in [2.05, 4.69) is 223 Å². The van der Waals surface area contributed by atoms with Crippen LogP contribution in [0.1, 0.15) is 0 Å². The Bertz CT molecular complexity index is 3580. The predicted molar refractivity (Wildman–Crippen MR) is 263 cm³/mol. The highest BCUT2D eigenvalue weighted by molar-refractivity contribution is 6.13. The van der Waals surface area contributed by atoms with Crippen LogP contribution in [0, 0.1) is 0 Å². The quantitative estimate of drug-likeness (QED) is 0.153. The highest BCUT2D eigenvalue weighted by atomic mass is 16.3. The fourth-order valence-corrected chi connectivity index (χ4v) is 9.27. The summed E-state index contributed by atoms with van der Waals surface area (Å²) in [7, 11) is 0. The number of furan rings is 2. The van der Waals surface area contributed by atoms with Crippen molar-refractivity contribution < 1.29 is 8.83 Å². The maximum absolute atomic E-state index is 6.50. The fourth-order valence-electron chi connectivity index (χ4n) is 9.27. The molecule has 0 saturated carbocycles. The topological polar surface area (TPSA) is 29.5 Å². The molecule has 0 radical (unpaired) electrons. The molecule has 2 heterocycles. The minimum Gasteiger partial charge on any atom is -0.456 e. The van der Waals surface area contributed by atoms with Crippen molar-refractivity contribution in [1.82, 2.24) is 0 Å². The standard InChI is InChI=1S/C60H39NO2/c1-3-13-41(14-4-1)49-17-7-8-18-50(49)43-27-34-47(35-28-43)61(48-36-29-44(30-37-48)51-20-12-24-58-59(51)54-19-9-10-23-56(54)62-58)46-32-25-40(26-33-46)45-31-38-57-55(39-45)53-22-11-21-52(60(53)63-57)42-15-5-2-6-16-42/h1-39H. The molecule has 12 rings (SSSR count). The first kappa shape index (κ1) is 36.5. The van der Waals surface area contributed by atoms with E-state index in [9.17, 15) is 0 Å². The monoisotopic (exact) mass is 805 g/mol. The zero-order valence-corrected chi connectivity index (χ0v) is 34.3. The molecule has 0 saturated heterocycles. The minimum absolute atomic E-state index is 0.885. The van der Waals surface area contributed by atoms with Gasteiger partial charge in [-0.25, -0.2) is 0 Å². The van der Waals surface area contributed by atoms with E-state index in [1.807, 2.05) is 18.2 Å². The van der Waals surface area contributed by atoms with Crippen LogP contribution in [0.15, 0.2) is 245 Å². The molecule has 0 N–H and O–H groups in total. The van der Waals surface area contributed by atoms with Gasteiger partial charge in [0.2, 0.25) is 0 Å². The second-order valence-corrected chi connectivity index (χ2v) is 16.0. The Morgan fingerprint density at radius 3 is 1.37 bits per heavy atom. The van der Waals surface area contributed by atoms with Gasteiger partial charge in [0.15, 0.2) is 0 Å². The first-order valence-corrected chi connectivity index (χ1v) is 21.4. The molecular weight excluding hydrogens is 767 g/mol. The van der Waals surface area contributed by atoms with Crippen molar-refractivity contribution in [2.24, 2.45) is 0 Å². The third kappa shape index (κ3) is 6.46. The number of nitrogens with zero attached hydrogens (tertiary/aromatic N) is 1. The van der Waals surface area contributed by atoms with E-state index < -0.39 is 0 Å². The van der Waals surface area contributed by atoms with Crippen molar-refractivity contribution in [2.45, 2.75) is 0 Å². The van der Waals surface area contributed by atoms with Crippen LogP contribution < -0.4 is 4.90 Å². The average molecular weight is 806 g/mol. The summed E-state index contributed by atoms with van der Waals surface area (Å²) in [5.41, 5.74) is 18.4. The van der Waals surface area contributed by atoms with Gasteiger partial charge in [-0.3, -0.25) is 0 Å². The molecule has 0 aliphatic heterocycles. The van der Waals surface area contributed by atoms with Crippen LogP contribution in [0.3, 0.4) is 0 Å². The lowest BCUT2D eigenvalue weighted by Crippen LogP contribution is -2.09. The van der Waals surface area contributed by atoms with Crippen molar-refractivity contribution in [1.29, 1.82) is 0 Å². The molecular formula is C60H39NO2. The van der Waals surface area contributed by atoms with Crippen LogP contribution in [0.4, 0.5) is 17.1 Å². The van der Waals surface area contributed by atoms with Gasteiger partial charge in [-0.1, -0.05) is 176 Å². The molecule has 0 fully saturated rings. The van der Waals surface area contributed by atoms with E-state index in [4.69, 9.17) is 8.83 Å². The fraction of sp³-hybridized carbons (Fsp3) is 0. The third-order valence-corrected chi connectivity index (χ3v) is 12.3. The van der Waals surface area contributed by atoms with Gasteiger partial charge in [0.25, 0.3) is 0 Å². The molecule has 2 aromatic heterocycles. The zero-order valence-electron chi connectivity index (χ0n) is 34.3. The number of para-hydroxylation sites is 2. The van der Waals surface area contributed by atoms with Gasteiger partial charge in [-0.05, 0) is 111 Å². The molecule has 0 atom stereocenters. The molecule has 10 aromatic carbocycles. The van der Waals surface area contributed by atoms with Gasteiger partial charge in [-0.2, -0.15) is 0 Å². The molecule has 0 unspecified atom stereocenters. The SMILES string of the molecule is c1ccc(-c2ccccc2-c2ccc(N(c3ccc(-c4ccc5oc6c(-c7ccccc7)cccc6c5c4)cc3)c3ccc(-c4cccc5oc6ccccc6c45)cc3)cc2)cc1. The van der Waals surface area contributed by atoms with E-state index >= 15 is 0 Å². The molecule has 3 heteroatoms. The van der Waals surface area contributed by atoms with Crippen molar-refractivity contribution in [3.63, 3.8) is 0 Å². The summed E-state index contributed by atoms with van der Waals surface area (Å²) in [5.74, 6) is 0. The summed E-state index contributed by atoms with van der Waals surface area (Å²) < 4.78 is 12.8. The molecule has 3 nitrogen and oxygen atoms in total. The smallest absolute Gasteiger partial charge is 0.143 e. The number of fused-ring (bicyclic) bond motifs is 6. The van der Waals surface area contributed by atoms with Crippen LogP contribution in [0.2, 0.25) is 0 Å². The van der Waals surface area contributed by atoms with Crippen molar-refractivity contribution in [2.75, 3.05) is 4.90 Å². The Hall–Kier alpha value is -8.40. The van der Waals surface area contributed by atoms with Crippen molar-refractivity contribution >= 4 is 60.9 Å². The number of anilines is 3. The van der Waals surface area contributed by atoms with Crippen LogP contribution in [0.25, 0.3) is 99.5 Å².